The lowest BCUT2D eigenvalue weighted by atomic mass is 9.89. The molecule has 0 saturated heterocycles. The van der Waals surface area contributed by atoms with Crippen LogP contribution in [0.3, 0.4) is 0 Å². The molecule has 3 heteroatoms. The number of benzene rings is 2. The lowest BCUT2D eigenvalue weighted by Crippen LogP contribution is -2.47. The van der Waals surface area contributed by atoms with Crippen LogP contribution in [0.15, 0.2) is 59.6 Å². The van der Waals surface area contributed by atoms with E-state index in [2.05, 4.69) is 60.1 Å². The number of hydrogen-bond acceptors (Lipinski definition) is 3. The van der Waals surface area contributed by atoms with E-state index in [1.54, 1.807) is 0 Å². The van der Waals surface area contributed by atoms with Crippen LogP contribution in [0, 0.1) is 0 Å². The van der Waals surface area contributed by atoms with Gasteiger partial charge in [0.05, 0.1) is 12.1 Å². The van der Waals surface area contributed by atoms with Gasteiger partial charge in [-0.25, -0.2) is 0 Å². The van der Waals surface area contributed by atoms with Crippen molar-refractivity contribution in [3.63, 3.8) is 0 Å². The van der Waals surface area contributed by atoms with Crippen molar-refractivity contribution < 1.29 is 0 Å². The van der Waals surface area contributed by atoms with Crippen molar-refractivity contribution in [2.75, 3.05) is 11.4 Å². The van der Waals surface area contributed by atoms with E-state index >= 15 is 0 Å². The van der Waals surface area contributed by atoms with E-state index in [9.17, 15) is 0 Å². The zero-order valence-corrected chi connectivity index (χ0v) is 12.6. The minimum absolute atomic E-state index is 0.224. The topological polar surface area (TPSA) is 41.6 Å². The average molecular weight is 279 g/mol. The number of hydrogen-bond donors (Lipinski definition) is 1. The maximum atomic E-state index is 6.16. The Morgan fingerprint density at radius 3 is 2.38 bits per heavy atom. The van der Waals surface area contributed by atoms with Crippen LogP contribution in [0.2, 0.25) is 0 Å². The molecule has 1 heterocycles. The zero-order chi connectivity index (χ0) is 14.9. The van der Waals surface area contributed by atoms with Gasteiger partial charge in [0.25, 0.3) is 0 Å². The molecule has 108 valence electrons. The Labute approximate surface area is 126 Å². The normalized spacial score (nSPS) is 21.4. The maximum Gasteiger partial charge on any atom is 0.196 e. The van der Waals surface area contributed by atoms with Crippen LogP contribution in [-0.4, -0.2) is 12.5 Å². The Kier molecular flexibility index (Phi) is 3.42. The first kappa shape index (κ1) is 13.7. The predicted octanol–water partition coefficient (Wildman–Crippen LogP) is 3.30. The van der Waals surface area contributed by atoms with E-state index in [1.807, 2.05) is 18.2 Å². The van der Waals surface area contributed by atoms with Gasteiger partial charge in [-0.3, -0.25) is 4.99 Å². The molecule has 1 aliphatic rings. The largest absolute Gasteiger partial charge is 0.369 e. The quantitative estimate of drug-likeness (QED) is 0.936. The van der Waals surface area contributed by atoms with Crippen LogP contribution >= 0.6 is 0 Å². The summed E-state index contributed by atoms with van der Waals surface area (Å²) in [7, 11) is 0. The molecular weight excluding hydrogens is 258 g/mol. The van der Waals surface area contributed by atoms with E-state index in [0.29, 0.717) is 12.5 Å². The molecule has 2 aromatic carbocycles. The highest BCUT2D eigenvalue weighted by atomic mass is 15.4. The average Bonchev–Trinajstić information content (AvgIpc) is 2.84. The summed E-state index contributed by atoms with van der Waals surface area (Å²) in [5.41, 5.74) is 9.60. The van der Waals surface area contributed by atoms with Gasteiger partial charge in [0, 0.05) is 5.69 Å². The molecule has 3 nitrogen and oxygen atoms in total. The highest BCUT2D eigenvalue weighted by Gasteiger charge is 2.40. The number of aliphatic imine (C=N–C) groups is 1. The summed E-state index contributed by atoms with van der Waals surface area (Å²) in [6.07, 6.45) is 1.05. The lowest BCUT2D eigenvalue weighted by molar-refractivity contribution is 0.532. The summed E-state index contributed by atoms with van der Waals surface area (Å²) in [4.78, 5) is 6.62. The molecule has 0 saturated carbocycles. The number of aryl methyl sites for hydroxylation is 1. The number of nitrogens with two attached hydrogens (primary N) is 1. The molecule has 0 aromatic heterocycles. The number of para-hydroxylation sites is 1. The zero-order valence-electron chi connectivity index (χ0n) is 12.6. The molecule has 0 fully saturated rings. The first-order valence-electron chi connectivity index (χ1n) is 7.40. The van der Waals surface area contributed by atoms with Gasteiger partial charge in [-0.1, -0.05) is 49.4 Å². The van der Waals surface area contributed by atoms with Gasteiger partial charge in [-0.2, -0.15) is 0 Å². The fourth-order valence-electron chi connectivity index (χ4n) is 2.94. The molecule has 2 aromatic rings. The molecule has 0 radical (unpaired) electrons. The smallest absolute Gasteiger partial charge is 0.196 e. The third-order valence-electron chi connectivity index (χ3n) is 4.27. The fraction of sp³-hybridized carbons (Fsp3) is 0.278. The fourth-order valence-corrected chi connectivity index (χ4v) is 2.94. The minimum Gasteiger partial charge on any atom is -0.369 e. The summed E-state index contributed by atoms with van der Waals surface area (Å²) in [6, 6.07) is 19.0. The van der Waals surface area contributed by atoms with Crippen molar-refractivity contribution in [2.45, 2.75) is 25.8 Å². The summed E-state index contributed by atoms with van der Waals surface area (Å²) >= 11 is 0. The minimum atomic E-state index is -0.224. The Morgan fingerprint density at radius 1 is 1.10 bits per heavy atom. The van der Waals surface area contributed by atoms with Gasteiger partial charge < -0.3 is 10.6 Å². The van der Waals surface area contributed by atoms with Crippen LogP contribution in [0.4, 0.5) is 5.69 Å². The maximum absolute atomic E-state index is 6.16. The monoisotopic (exact) mass is 279 g/mol. The van der Waals surface area contributed by atoms with Gasteiger partial charge >= 0.3 is 0 Å². The Balaban J connectivity index is 2.02. The number of anilines is 1. The lowest BCUT2D eigenvalue weighted by Gasteiger charge is -2.36. The third kappa shape index (κ3) is 2.29. The second kappa shape index (κ2) is 5.24. The van der Waals surface area contributed by atoms with Crippen molar-refractivity contribution in [1.29, 1.82) is 0 Å². The van der Waals surface area contributed by atoms with Crippen LogP contribution in [0.5, 0.6) is 0 Å². The molecule has 2 N–H and O–H groups in total. The molecule has 3 rings (SSSR count). The second-order valence-electron chi connectivity index (χ2n) is 5.67. The predicted molar refractivity (Wildman–Crippen MR) is 88.6 cm³/mol. The number of rotatable bonds is 3. The highest BCUT2D eigenvalue weighted by Crippen LogP contribution is 2.36. The van der Waals surface area contributed by atoms with Crippen molar-refractivity contribution in [3.8, 4) is 0 Å². The van der Waals surface area contributed by atoms with E-state index in [1.165, 1.54) is 11.1 Å². The summed E-state index contributed by atoms with van der Waals surface area (Å²) in [6.45, 7) is 5.05. The molecule has 0 amide bonds. The number of guanidine groups is 1. The molecule has 0 spiro atoms. The van der Waals surface area contributed by atoms with Crippen LogP contribution in [-0.2, 0) is 12.0 Å². The number of nitrogens with zero attached hydrogens (tertiary/aromatic N) is 2. The van der Waals surface area contributed by atoms with E-state index in [-0.39, 0.29) is 5.54 Å². The van der Waals surface area contributed by atoms with Crippen molar-refractivity contribution in [1.82, 2.24) is 0 Å². The molecule has 0 bridgehead atoms. The van der Waals surface area contributed by atoms with Crippen LogP contribution in [0.25, 0.3) is 0 Å². The van der Waals surface area contributed by atoms with Crippen LogP contribution < -0.4 is 10.6 Å². The van der Waals surface area contributed by atoms with Crippen LogP contribution in [0.1, 0.15) is 25.0 Å². The van der Waals surface area contributed by atoms with Gasteiger partial charge in [0.1, 0.15) is 0 Å². The molecule has 21 heavy (non-hydrogen) atoms. The summed E-state index contributed by atoms with van der Waals surface area (Å²) in [5, 5.41) is 0. The summed E-state index contributed by atoms with van der Waals surface area (Å²) < 4.78 is 0. The van der Waals surface area contributed by atoms with Gasteiger partial charge in [0.15, 0.2) is 5.96 Å². The third-order valence-corrected chi connectivity index (χ3v) is 4.27. The second-order valence-corrected chi connectivity index (χ2v) is 5.67. The Bertz CT molecular complexity index is 646. The first-order chi connectivity index (χ1) is 10.1. The van der Waals surface area contributed by atoms with Crippen molar-refractivity contribution >= 4 is 11.6 Å². The SMILES string of the molecule is CCc1ccc(C2(C)CN=C(N)N2c2ccccc2)cc1. The van der Waals surface area contributed by atoms with Crippen molar-refractivity contribution in [2.24, 2.45) is 10.7 Å². The molecule has 0 aliphatic carbocycles. The standard InChI is InChI=1S/C18H21N3/c1-3-14-9-11-15(12-10-14)18(2)13-20-17(19)21(18)16-7-5-4-6-8-16/h4-12H,3,13H2,1-2H3,(H2,19,20). The van der Waals surface area contributed by atoms with Crippen molar-refractivity contribution in [3.05, 3.63) is 65.7 Å². The van der Waals surface area contributed by atoms with Gasteiger partial charge in [-0.05, 0) is 36.6 Å². The molecular formula is C18H21N3. The summed E-state index contributed by atoms with van der Waals surface area (Å²) in [5.74, 6) is 0.586. The molecule has 1 unspecified atom stereocenters. The Hall–Kier alpha value is -2.29. The first-order valence-corrected chi connectivity index (χ1v) is 7.40. The highest BCUT2D eigenvalue weighted by molar-refractivity contribution is 5.98. The van der Waals surface area contributed by atoms with E-state index < -0.39 is 0 Å². The van der Waals surface area contributed by atoms with E-state index in [0.717, 1.165) is 12.1 Å². The van der Waals surface area contributed by atoms with E-state index in [4.69, 9.17) is 5.73 Å². The Morgan fingerprint density at radius 2 is 1.76 bits per heavy atom. The van der Waals surface area contributed by atoms with Gasteiger partial charge in [-0.15, -0.1) is 0 Å². The molecule has 1 atom stereocenters. The van der Waals surface area contributed by atoms with Gasteiger partial charge in [0.2, 0.25) is 0 Å². The molecule has 1 aliphatic heterocycles.